The van der Waals surface area contributed by atoms with Crippen LogP contribution in [0, 0.1) is 6.92 Å². The summed E-state index contributed by atoms with van der Waals surface area (Å²) in [6.45, 7) is 6.31. The van der Waals surface area contributed by atoms with Crippen molar-refractivity contribution in [2.45, 2.75) is 41.7 Å². The van der Waals surface area contributed by atoms with Gasteiger partial charge in [0.05, 0.1) is 5.69 Å². The number of fused-ring (bicyclic) bond motifs is 2. The van der Waals surface area contributed by atoms with Gasteiger partial charge in [-0.05, 0) is 25.6 Å². The Labute approximate surface area is 181 Å². The summed E-state index contributed by atoms with van der Waals surface area (Å²) >= 11 is 5.26. The van der Waals surface area contributed by atoms with Gasteiger partial charge < -0.3 is 20.1 Å². The Hall–Kier alpha value is -2.20. The largest absolute Gasteiger partial charge is 0.454 e. The summed E-state index contributed by atoms with van der Waals surface area (Å²) < 4.78 is 13.3. The van der Waals surface area contributed by atoms with E-state index in [4.69, 9.17) is 20.2 Å². The van der Waals surface area contributed by atoms with E-state index in [0.29, 0.717) is 17.2 Å². The Morgan fingerprint density at radius 3 is 2.52 bits per heavy atom. The molecule has 2 aromatic heterocycles. The molecule has 0 spiro atoms. The quantitative estimate of drug-likeness (QED) is 0.549. The van der Waals surface area contributed by atoms with Gasteiger partial charge in [0, 0.05) is 42.0 Å². The molecule has 3 heterocycles. The summed E-state index contributed by atoms with van der Waals surface area (Å²) in [5, 5.41) is 0.798. The first-order valence-electron chi connectivity index (χ1n) is 9.21. The average molecular weight is 479 g/mol. The van der Waals surface area contributed by atoms with Crippen LogP contribution in [-0.4, -0.2) is 45.2 Å². The molecule has 0 saturated heterocycles. The molecule has 1 aliphatic rings. The SMILES string of the molecule is Cc1nc(N)c2nc(Sc3cc4c(cc3N(C)C)OCO4)n(C(C)C(C)Br)c2n1. The molecular weight excluding hydrogens is 456 g/mol. The highest BCUT2D eigenvalue weighted by Gasteiger charge is 2.25. The minimum absolute atomic E-state index is 0.105. The van der Waals surface area contributed by atoms with Crippen molar-refractivity contribution in [1.29, 1.82) is 0 Å². The first-order chi connectivity index (χ1) is 13.8. The van der Waals surface area contributed by atoms with Gasteiger partial charge >= 0.3 is 0 Å². The smallest absolute Gasteiger partial charge is 0.231 e. The van der Waals surface area contributed by atoms with Gasteiger partial charge in [0.1, 0.15) is 5.82 Å². The minimum Gasteiger partial charge on any atom is -0.454 e. The first-order valence-corrected chi connectivity index (χ1v) is 10.9. The van der Waals surface area contributed by atoms with E-state index in [-0.39, 0.29) is 17.7 Å². The highest BCUT2D eigenvalue weighted by molar-refractivity contribution is 9.09. The Morgan fingerprint density at radius 1 is 1.17 bits per heavy atom. The van der Waals surface area contributed by atoms with E-state index in [9.17, 15) is 0 Å². The molecule has 4 rings (SSSR count). The van der Waals surface area contributed by atoms with Crippen molar-refractivity contribution < 1.29 is 9.47 Å². The number of halogens is 1. The molecule has 1 aromatic carbocycles. The van der Waals surface area contributed by atoms with Crippen LogP contribution in [-0.2, 0) is 0 Å². The summed E-state index contributed by atoms with van der Waals surface area (Å²) in [5.74, 6) is 2.50. The van der Waals surface area contributed by atoms with Crippen LogP contribution in [0.3, 0.4) is 0 Å². The highest BCUT2D eigenvalue weighted by Crippen LogP contribution is 2.45. The predicted molar refractivity (Wildman–Crippen MR) is 119 cm³/mol. The molecule has 10 heteroatoms. The van der Waals surface area contributed by atoms with Crippen molar-refractivity contribution in [3.05, 3.63) is 18.0 Å². The van der Waals surface area contributed by atoms with E-state index in [1.165, 1.54) is 0 Å². The number of nitrogen functional groups attached to an aromatic ring is 1. The molecular formula is C19H23BrN6O2S. The zero-order chi connectivity index (χ0) is 20.9. The monoisotopic (exact) mass is 478 g/mol. The molecule has 2 N–H and O–H groups in total. The Morgan fingerprint density at radius 2 is 1.86 bits per heavy atom. The van der Waals surface area contributed by atoms with Gasteiger partial charge in [0.2, 0.25) is 6.79 Å². The lowest BCUT2D eigenvalue weighted by Gasteiger charge is -2.21. The van der Waals surface area contributed by atoms with Crippen molar-refractivity contribution in [3.8, 4) is 11.5 Å². The van der Waals surface area contributed by atoms with Gasteiger partial charge in [-0.3, -0.25) is 4.57 Å². The number of ether oxygens (including phenoxy) is 2. The van der Waals surface area contributed by atoms with Gasteiger partial charge in [0.15, 0.2) is 33.6 Å². The number of aromatic nitrogens is 4. The van der Waals surface area contributed by atoms with Crippen LogP contribution in [0.1, 0.15) is 25.7 Å². The molecule has 154 valence electrons. The standard InChI is InChI=1S/C19H23BrN6O2S/c1-9(20)10(2)26-18-16(17(21)22-11(3)23-18)24-19(26)29-15-7-14-13(27-8-28-14)6-12(15)25(4)5/h6-7,9-10H,8H2,1-5H3,(H2,21,22,23). The number of benzene rings is 1. The molecule has 8 nitrogen and oxygen atoms in total. The maximum Gasteiger partial charge on any atom is 0.231 e. The topological polar surface area (TPSA) is 91.3 Å². The summed E-state index contributed by atoms with van der Waals surface area (Å²) in [4.78, 5) is 17.0. The lowest BCUT2D eigenvalue weighted by molar-refractivity contribution is 0.174. The number of aryl methyl sites for hydroxylation is 1. The Kier molecular flexibility index (Phi) is 5.24. The van der Waals surface area contributed by atoms with E-state index < -0.39 is 0 Å². The number of alkyl halides is 1. The summed E-state index contributed by atoms with van der Waals surface area (Å²) in [6, 6.07) is 4.09. The average Bonchev–Trinajstić information content (AvgIpc) is 3.24. The molecule has 0 aliphatic carbocycles. The molecule has 0 fully saturated rings. The highest BCUT2D eigenvalue weighted by atomic mass is 79.9. The number of hydrogen-bond donors (Lipinski definition) is 1. The fourth-order valence-corrected chi connectivity index (χ4v) is 4.61. The third-order valence-electron chi connectivity index (χ3n) is 4.86. The normalized spacial score (nSPS) is 15.0. The van der Waals surface area contributed by atoms with Crippen LogP contribution in [0.25, 0.3) is 11.2 Å². The van der Waals surface area contributed by atoms with Crippen molar-refractivity contribution >= 4 is 50.4 Å². The number of anilines is 2. The molecule has 3 aromatic rings. The predicted octanol–water partition coefficient (Wildman–Crippen LogP) is 4.01. The molecule has 1 aliphatic heterocycles. The van der Waals surface area contributed by atoms with Crippen molar-refractivity contribution in [1.82, 2.24) is 19.5 Å². The third-order valence-corrected chi connectivity index (χ3v) is 6.64. The molecule has 0 bridgehead atoms. The lowest BCUT2D eigenvalue weighted by atomic mass is 10.2. The van der Waals surface area contributed by atoms with Crippen molar-refractivity contribution in [2.75, 3.05) is 31.5 Å². The number of nitrogens with zero attached hydrogens (tertiary/aromatic N) is 5. The van der Waals surface area contributed by atoms with Crippen LogP contribution in [0.5, 0.6) is 11.5 Å². The van der Waals surface area contributed by atoms with Gasteiger partial charge in [-0.25, -0.2) is 15.0 Å². The van der Waals surface area contributed by atoms with Gasteiger partial charge in [-0.1, -0.05) is 22.9 Å². The number of imidazole rings is 1. The molecule has 0 amide bonds. The second-order valence-corrected chi connectivity index (χ2v) is 9.63. The van der Waals surface area contributed by atoms with Gasteiger partial charge in [-0.15, -0.1) is 0 Å². The third kappa shape index (κ3) is 3.59. The summed E-state index contributed by atoms with van der Waals surface area (Å²) in [6.07, 6.45) is 0. The van der Waals surface area contributed by atoms with E-state index in [1.807, 2.05) is 38.1 Å². The first kappa shape index (κ1) is 20.1. The number of rotatable bonds is 5. The van der Waals surface area contributed by atoms with Crippen LogP contribution in [0.2, 0.25) is 0 Å². The summed E-state index contributed by atoms with van der Waals surface area (Å²) in [5.41, 5.74) is 8.54. The number of hydrogen-bond acceptors (Lipinski definition) is 8. The molecule has 29 heavy (non-hydrogen) atoms. The van der Waals surface area contributed by atoms with Crippen molar-refractivity contribution in [3.63, 3.8) is 0 Å². The lowest BCUT2D eigenvalue weighted by Crippen LogP contribution is -2.15. The van der Waals surface area contributed by atoms with E-state index >= 15 is 0 Å². The Balaban J connectivity index is 1.89. The van der Waals surface area contributed by atoms with E-state index in [2.05, 4.69) is 44.3 Å². The zero-order valence-electron chi connectivity index (χ0n) is 16.9. The molecule has 2 unspecified atom stereocenters. The maximum atomic E-state index is 6.17. The van der Waals surface area contributed by atoms with Crippen LogP contribution < -0.4 is 20.1 Å². The second-order valence-electron chi connectivity index (χ2n) is 7.18. The van der Waals surface area contributed by atoms with Crippen LogP contribution in [0.4, 0.5) is 11.5 Å². The van der Waals surface area contributed by atoms with E-state index in [0.717, 1.165) is 32.9 Å². The second kappa shape index (κ2) is 7.56. The van der Waals surface area contributed by atoms with Crippen LogP contribution >= 0.6 is 27.7 Å². The number of nitrogens with two attached hydrogens (primary N) is 1. The van der Waals surface area contributed by atoms with E-state index in [1.54, 1.807) is 11.8 Å². The minimum atomic E-state index is 0.105. The fourth-order valence-electron chi connectivity index (χ4n) is 3.18. The van der Waals surface area contributed by atoms with Crippen molar-refractivity contribution in [2.24, 2.45) is 0 Å². The maximum absolute atomic E-state index is 6.17. The molecule has 0 saturated carbocycles. The van der Waals surface area contributed by atoms with Crippen LogP contribution in [0.15, 0.2) is 22.2 Å². The summed E-state index contributed by atoms with van der Waals surface area (Å²) in [7, 11) is 4.00. The Bertz CT molecular complexity index is 1080. The zero-order valence-corrected chi connectivity index (χ0v) is 19.3. The van der Waals surface area contributed by atoms with Gasteiger partial charge in [0.25, 0.3) is 0 Å². The van der Waals surface area contributed by atoms with Gasteiger partial charge in [-0.2, -0.15) is 0 Å². The fraction of sp³-hybridized carbons (Fsp3) is 0.421. The molecule has 0 radical (unpaired) electrons. The molecule has 2 atom stereocenters.